The van der Waals surface area contributed by atoms with Crippen molar-refractivity contribution in [3.8, 4) is 0 Å². The Bertz CT molecular complexity index is 519. The van der Waals surface area contributed by atoms with Crippen LogP contribution in [0, 0.1) is 0 Å². The molecule has 0 fully saturated rings. The Kier molecular flexibility index (Phi) is 8.65. The molecule has 5 nitrogen and oxygen atoms in total. The van der Waals surface area contributed by atoms with Gasteiger partial charge in [-0.3, -0.25) is 9.59 Å². The van der Waals surface area contributed by atoms with E-state index in [1.165, 1.54) is 5.56 Å². The number of rotatable bonds is 9. The predicted molar refractivity (Wildman–Crippen MR) is 86.0 cm³/mol. The van der Waals surface area contributed by atoms with E-state index < -0.39 is 17.9 Å². The summed E-state index contributed by atoms with van der Waals surface area (Å²) in [6.45, 7) is 4.05. The third-order valence-corrected chi connectivity index (χ3v) is 3.17. The van der Waals surface area contributed by atoms with Crippen LogP contribution in [-0.2, 0) is 25.5 Å². The second kappa shape index (κ2) is 10.5. The molecule has 0 heterocycles. The van der Waals surface area contributed by atoms with Crippen molar-refractivity contribution in [1.82, 2.24) is 0 Å². The van der Waals surface area contributed by atoms with Crippen LogP contribution in [0.2, 0.25) is 0 Å². The fraction of sp³-hybridized carbons (Fsp3) is 0.500. The number of hydrogen-bond donors (Lipinski definition) is 0. The molecule has 0 bridgehead atoms. The van der Waals surface area contributed by atoms with E-state index in [2.05, 4.69) is 11.7 Å². The van der Waals surface area contributed by atoms with Crippen LogP contribution < -0.4 is 0 Å². The van der Waals surface area contributed by atoms with E-state index in [1.807, 2.05) is 19.1 Å². The maximum Gasteiger partial charge on any atom is 0.338 e. The highest BCUT2D eigenvalue weighted by Gasteiger charge is 2.11. The summed E-state index contributed by atoms with van der Waals surface area (Å²) in [5.41, 5.74) is 1.68. The molecule has 0 saturated carbocycles. The van der Waals surface area contributed by atoms with E-state index in [-0.39, 0.29) is 19.4 Å². The summed E-state index contributed by atoms with van der Waals surface area (Å²) in [5, 5.41) is 0. The Morgan fingerprint density at radius 3 is 2.17 bits per heavy atom. The van der Waals surface area contributed by atoms with Crippen molar-refractivity contribution in [2.45, 2.75) is 52.4 Å². The molecule has 0 spiro atoms. The van der Waals surface area contributed by atoms with Crippen LogP contribution in [0.4, 0.5) is 0 Å². The third-order valence-electron chi connectivity index (χ3n) is 3.17. The highest BCUT2D eigenvalue weighted by Crippen LogP contribution is 2.08. The summed E-state index contributed by atoms with van der Waals surface area (Å²) < 4.78 is 9.70. The number of esters is 3. The topological polar surface area (TPSA) is 69.7 Å². The minimum Gasteiger partial charge on any atom is -0.462 e. The average molecular weight is 320 g/mol. The van der Waals surface area contributed by atoms with Crippen LogP contribution in [0.15, 0.2) is 24.3 Å². The van der Waals surface area contributed by atoms with Crippen LogP contribution in [0.1, 0.15) is 61.9 Å². The van der Waals surface area contributed by atoms with Gasteiger partial charge in [0.1, 0.15) is 0 Å². The number of aryl methyl sites for hydroxylation is 1. The van der Waals surface area contributed by atoms with Gasteiger partial charge in [0, 0.05) is 12.8 Å². The summed E-state index contributed by atoms with van der Waals surface area (Å²) in [6, 6.07) is 7.31. The first-order valence-electron chi connectivity index (χ1n) is 8.06. The maximum absolute atomic E-state index is 11.8. The Balaban J connectivity index is 2.26. The lowest BCUT2D eigenvalue weighted by atomic mass is 10.1. The summed E-state index contributed by atoms with van der Waals surface area (Å²) in [4.78, 5) is 34.3. The van der Waals surface area contributed by atoms with Gasteiger partial charge in [-0.15, -0.1) is 0 Å². The quantitative estimate of drug-likeness (QED) is 0.396. The lowest BCUT2D eigenvalue weighted by Gasteiger charge is -2.06. The molecule has 0 N–H and O–H groups in total. The van der Waals surface area contributed by atoms with Gasteiger partial charge in [0.2, 0.25) is 0 Å². The first-order valence-corrected chi connectivity index (χ1v) is 8.06. The fourth-order valence-electron chi connectivity index (χ4n) is 1.99. The number of carbonyl (C=O) groups excluding carboxylic acids is 3. The first kappa shape index (κ1) is 18.9. The number of carbonyl (C=O) groups is 3. The van der Waals surface area contributed by atoms with E-state index in [0.717, 1.165) is 12.8 Å². The first-order chi connectivity index (χ1) is 11.1. The molecule has 0 aliphatic carbocycles. The molecule has 0 radical (unpaired) electrons. The van der Waals surface area contributed by atoms with Crippen LogP contribution in [0.5, 0.6) is 0 Å². The van der Waals surface area contributed by atoms with Crippen molar-refractivity contribution < 1.29 is 23.9 Å². The van der Waals surface area contributed by atoms with Gasteiger partial charge in [-0.05, 0) is 37.0 Å². The van der Waals surface area contributed by atoms with E-state index in [9.17, 15) is 14.4 Å². The molecule has 126 valence electrons. The molecule has 0 atom stereocenters. The number of ether oxygens (including phenoxy) is 2. The van der Waals surface area contributed by atoms with Crippen molar-refractivity contribution in [3.63, 3.8) is 0 Å². The standard InChI is InChI=1S/C18H24O5/c1-3-6-14-9-11-15(12-10-14)18(21)22-13-5-8-17(20)23-16(19)7-4-2/h9-12H,3-8,13H2,1-2H3. The molecule has 23 heavy (non-hydrogen) atoms. The number of hydrogen-bond acceptors (Lipinski definition) is 5. The van der Waals surface area contributed by atoms with Gasteiger partial charge >= 0.3 is 17.9 Å². The SMILES string of the molecule is CCCC(=O)OC(=O)CCCOC(=O)c1ccc(CCC)cc1. The van der Waals surface area contributed by atoms with Gasteiger partial charge < -0.3 is 9.47 Å². The molecule has 1 aromatic rings. The van der Waals surface area contributed by atoms with E-state index in [0.29, 0.717) is 18.4 Å². The van der Waals surface area contributed by atoms with Gasteiger partial charge in [0.05, 0.1) is 12.2 Å². The summed E-state index contributed by atoms with van der Waals surface area (Å²) in [5.74, 6) is -1.51. The summed E-state index contributed by atoms with van der Waals surface area (Å²) in [6.07, 6.45) is 3.29. The molecule has 5 heteroatoms. The van der Waals surface area contributed by atoms with Crippen LogP contribution in [0.3, 0.4) is 0 Å². The van der Waals surface area contributed by atoms with Gasteiger partial charge in [-0.2, -0.15) is 0 Å². The molecule has 0 amide bonds. The summed E-state index contributed by atoms with van der Waals surface area (Å²) >= 11 is 0. The van der Waals surface area contributed by atoms with Crippen LogP contribution in [0.25, 0.3) is 0 Å². The molecule has 0 saturated heterocycles. The van der Waals surface area contributed by atoms with Gasteiger partial charge in [0.15, 0.2) is 0 Å². The Labute approximate surface area is 137 Å². The van der Waals surface area contributed by atoms with E-state index in [4.69, 9.17) is 4.74 Å². The molecule has 0 aliphatic rings. The Morgan fingerprint density at radius 2 is 1.57 bits per heavy atom. The normalized spacial score (nSPS) is 10.2. The lowest BCUT2D eigenvalue weighted by molar-refractivity contribution is -0.159. The second-order valence-electron chi connectivity index (χ2n) is 5.28. The van der Waals surface area contributed by atoms with Crippen molar-refractivity contribution in [2.24, 2.45) is 0 Å². The summed E-state index contributed by atoms with van der Waals surface area (Å²) in [7, 11) is 0. The van der Waals surface area contributed by atoms with Crippen molar-refractivity contribution in [2.75, 3.05) is 6.61 Å². The molecule has 0 unspecified atom stereocenters. The molecule has 1 rings (SSSR count). The van der Waals surface area contributed by atoms with Gasteiger partial charge in [-0.25, -0.2) is 4.79 Å². The zero-order chi connectivity index (χ0) is 17.1. The van der Waals surface area contributed by atoms with Crippen molar-refractivity contribution >= 4 is 17.9 Å². The Morgan fingerprint density at radius 1 is 0.913 bits per heavy atom. The Hall–Kier alpha value is -2.17. The van der Waals surface area contributed by atoms with E-state index in [1.54, 1.807) is 12.1 Å². The van der Waals surface area contributed by atoms with Crippen molar-refractivity contribution in [3.05, 3.63) is 35.4 Å². The van der Waals surface area contributed by atoms with Gasteiger partial charge in [-0.1, -0.05) is 32.4 Å². The fourth-order valence-corrected chi connectivity index (χ4v) is 1.99. The predicted octanol–water partition coefficient (Wildman–Crippen LogP) is 3.45. The highest BCUT2D eigenvalue weighted by atomic mass is 16.6. The van der Waals surface area contributed by atoms with Crippen LogP contribution >= 0.6 is 0 Å². The zero-order valence-electron chi connectivity index (χ0n) is 13.8. The molecular formula is C18H24O5. The van der Waals surface area contributed by atoms with Crippen molar-refractivity contribution in [1.29, 1.82) is 0 Å². The second-order valence-corrected chi connectivity index (χ2v) is 5.28. The maximum atomic E-state index is 11.8. The van der Waals surface area contributed by atoms with E-state index >= 15 is 0 Å². The van der Waals surface area contributed by atoms with Crippen LogP contribution in [-0.4, -0.2) is 24.5 Å². The minimum atomic E-state index is -0.580. The zero-order valence-corrected chi connectivity index (χ0v) is 13.8. The largest absolute Gasteiger partial charge is 0.462 e. The third kappa shape index (κ3) is 7.58. The molecular weight excluding hydrogens is 296 g/mol. The highest BCUT2D eigenvalue weighted by molar-refractivity contribution is 5.89. The monoisotopic (exact) mass is 320 g/mol. The minimum absolute atomic E-state index is 0.0537. The van der Waals surface area contributed by atoms with Gasteiger partial charge in [0.25, 0.3) is 0 Å². The molecule has 0 aromatic heterocycles. The number of benzene rings is 1. The molecule has 0 aliphatic heterocycles. The average Bonchev–Trinajstić information content (AvgIpc) is 2.52. The molecule has 1 aromatic carbocycles. The lowest BCUT2D eigenvalue weighted by Crippen LogP contribution is -2.13. The smallest absolute Gasteiger partial charge is 0.338 e.